The summed E-state index contributed by atoms with van der Waals surface area (Å²) in [5.74, 6) is 1.08. The van der Waals surface area contributed by atoms with E-state index in [9.17, 15) is 4.79 Å². The topological polar surface area (TPSA) is 149 Å². The number of hydrogen-bond acceptors (Lipinski definition) is 9. The van der Waals surface area contributed by atoms with Crippen LogP contribution in [0, 0.1) is 6.92 Å². The number of amides is 1. The van der Waals surface area contributed by atoms with E-state index in [2.05, 4.69) is 35.9 Å². The van der Waals surface area contributed by atoms with E-state index in [1.54, 1.807) is 6.08 Å². The maximum absolute atomic E-state index is 12.4. The van der Waals surface area contributed by atoms with Crippen LogP contribution in [0.5, 0.6) is 0 Å². The minimum absolute atomic E-state index is 0.216. The van der Waals surface area contributed by atoms with Crippen molar-refractivity contribution in [2.24, 2.45) is 5.11 Å². The summed E-state index contributed by atoms with van der Waals surface area (Å²) in [6, 6.07) is 17.3. The molecule has 0 bridgehead atoms. The summed E-state index contributed by atoms with van der Waals surface area (Å²) in [6.45, 7) is 5.53. The number of anilines is 5. The van der Waals surface area contributed by atoms with Gasteiger partial charge < -0.3 is 30.3 Å². The number of azide groups is 1. The number of benzene rings is 2. The maximum atomic E-state index is 12.4. The highest BCUT2D eigenvalue weighted by Crippen LogP contribution is 2.22. The Kier molecular flexibility index (Phi) is 12.9. The number of carbonyl (C=O) groups excluding carboxylic acids is 1. The third-order valence-electron chi connectivity index (χ3n) is 5.43. The maximum Gasteiger partial charge on any atom is 0.248 e. The first kappa shape index (κ1) is 30.1. The molecule has 0 aliphatic carbocycles. The summed E-state index contributed by atoms with van der Waals surface area (Å²) in [6.07, 6.45) is 4.81. The van der Waals surface area contributed by atoms with Gasteiger partial charge in [-0.3, -0.25) is 4.79 Å². The highest BCUT2D eigenvalue weighted by Gasteiger charge is 2.04. The molecule has 0 aliphatic rings. The molecule has 0 atom stereocenters. The van der Waals surface area contributed by atoms with Crippen molar-refractivity contribution in [2.75, 3.05) is 69.1 Å². The molecule has 3 N–H and O–H groups in total. The lowest BCUT2D eigenvalue weighted by Gasteiger charge is -2.14. The zero-order chi connectivity index (χ0) is 28.4. The van der Waals surface area contributed by atoms with Gasteiger partial charge in [0.15, 0.2) is 0 Å². The van der Waals surface area contributed by atoms with E-state index in [4.69, 9.17) is 15.0 Å². The van der Waals surface area contributed by atoms with Crippen LogP contribution in [0.25, 0.3) is 10.4 Å². The van der Waals surface area contributed by atoms with Crippen LogP contribution in [0.3, 0.4) is 0 Å². The van der Waals surface area contributed by atoms with E-state index >= 15 is 0 Å². The predicted octanol–water partition coefficient (Wildman–Crippen LogP) is 5.04. The van der Waals surface area contributed by atoms with Gasteiger partial charge in [-0.15, -0.1) is 0 Å². The smallest absolute Gasteiger partial charge is 0.248 e. The quantitative estimate of drug-likeness (QED) is 0.0702. The second-order valence-corrected chi connectivity index (χ2v) is 8.82. The molecule has 0 saturated carbocycles. The highest BCUT2D eigenvalue weighted by molar-refractivity contribution is 5.99. The normalized spacial score (nSPS) is 10.9. The SMILES string of the molecule is Cc1cccc(Nc2cc(Nc3cccc(NC(=O)/C=C/CN(C)CCOCCOCCN=[N+]=[N-])c3)ncn2)c1. The lowest BCUT2D eigenvalue weighted by molar-refractivity contribution is -0.111. The van der Waals surface area contributed by atoms with Crippen LogP contribution < -0.4 is 16.0 Å². The van der Waals surface area contributed by atoms with Gasteiger partial charge >= 0.3 is 0 Å². The molecule has 40 heavy (non-hydrogen) atoms. The number of likely N-dealkylation sites (N-methyl/N-ethyl adjacent to an activating group) is 1. The Balaban J connectivity index is 1.38. The van der Waals surface area contributed by atoms with Crippen molar-refractivity contribution >= 4 is 34.6 Å². The molecular formula is C28H35N9O3. The molecule has 0 radical (unpaired) electrons. The lowest BCUT2D eigenvalue weighted by Crippen LogP contribution is -2.24. The first-order chi connectivity index (χ1) is 19.5. The Hall–Kier alpha value is -4.48. The van der Waals surface area contributed by atoms with E-state index in [1.165, 1.54) is 12.4 Å². The molecule has 0 aliphatic heterocycles. The van der Waals surface area contributed by atoms with Crippen LogP contribution in [-0.4, -0.2) is 73.9 Å². The minimum atomic E-state index is -0.216. The van der Waals surface area contributed by atoms with Crippen molar-refractivity contribution in [3.05, 3.63) is 89.1 Å². The largest absolute Gasteiger partial charge is 0.379 e. The average molecular weight is 546 g/mol. The van der Waals surface area contributed by atoms with Gasteiger partial charge in [-0.25, -0.2) is 9.97 Å². The van der Waals surface area contributed by atoms with Crippen molar-refractivity contribution in [3.8, 4) is 0 Å². The highest BCUT2D eigenvalue weighted by atomic mass is 16.5. The molecule has 1 aromatic heterocycles. The number of ether oxygens (including phenoxy) is 2. The Labute approximate surface area is 234 Å². The van der Waals surface area contributed by atoms with Gasteiger partial charge in [-0.2, -0.15) is 0 Å². The van der Waals surface area contributed by atoms with E-state index < -0.39 is 0 Å². The summed E-state index contributed by atoms with van der Waals surface area (Å²) in [7, 11) is 1.95. The number of nitrogens with one attached hydrogen (secondary N) is 3. The summed E-state index contributed by atoms with van der Waals surface area (Å²) >= 11 is 0. The van der Waals surface area contributed by atoms with Gasteiger partial charge in [0, 0.05) is 53.8 Å². The van der Waals surface area contributed by atoms with Crippen LogP contribution in [0.4, 0.5) is 28.7 Å². The van der Waals surface area contributed by atoms with Gasteiger partial charge in [-0.1, -0.05) is 29.4 Å². The standard InChI is InChI=1S/C28H35N9O3/c1-22-6-3-7-23(18-22)33-26-20-27(31-21-30-26)34-24-8-4-9-25(19-24)35-28(38)10-5-12-37(2)13-15-40-17-16-39-14-11-32-36-29/h3-10,18-21H,11-17H2,1-2H3,(H,35,38)(H2,30,31,33,34)/b10-5+. The van der Waals surface area contributed by atoms with E-state index in [0.29, 0.717) is 63.4 Å². The summed E-state index contributed by atoms with van der Waals surface area (Å²) in [5.41, 5.74) is 11.7. The molecule has 2 aromatic carbocycles. The fourth-order valence-electron chi connectivity index (χ4n) is 3.49. The number of aryl methyl sites for hydroxylation is 1. The molecule has 3 aromatic rings. The third kappa shape index (κ3) is 11.9. The van der Waals surface area contributed by atoms with Gasteiger partial charge in [0.25, 0.3) is 0 Å². The minimum Gasteiger partial charge on any atom is -0.379 e. The molecule has 12 nitrogen and oxygen atoms in total. The van der Waals surface area contributed by atoms with Gasteiger partial charge in [0.1, 0.15) is 18.0 Å². The first-order valence-corrected chi connectivity index (χ1v) is 12.9. The van der Waals surface area contributed by atoms with Crippen LogP contribution >= 0.6 is 0 Å². The second-order valence-electron chi connectivity index (χ2n) is 8.82. The average Bonchev–Trinajstić information content (AvgIpc) is 2.92. The summed E-state index contributed by atoms with van der Waals surface area (Å²) in [4.78, 5) is 25.7. The number of aromatic nitrogens is 2. The van der Waals surface area contributed by atoms with Crippen molar-refractivity contribution in [1.82, 2.24) is 14.9 Å². The van der Waals surface area contributed by atoms with Crippen LogP contribution in [0.1, 0.15) is 5.56 Å². The van der Waals surface area contributed by atoms with Crippen molar-refractivity contribution in [2.45, 2.75) is 6.92 Å². The number of nitrogens with zero attached hydrogens (tertiary/aromatic N) is 6. The van der Waals surface area contributed by atoms with Crippen LogP contribution in [0.15, 0.2) is 78.2 Å². The Morgan fingerprint density at radius 3 is 2.38 bits per heavy atom. The molecule has 12 heteroatoms. The zero-order valence-electron chi connectivity index (χ0n) is 22.8. The third-order valence-corrected chi connectivity index (χ3v) is 5.43. The van der Waals surface area contributed by atoms with Gasteiger partial charge in [0.2, 0.25) is 5.91 Å². The van der Waals surface area contributed by atoms with E-state index in [1.807, 2.05) is 73.5 Å². The van der Waals surface area contributed by atoms with Crippen molar-refractivity contribution in [3.63, 3.8) is 0 Å². The molecule has 3 rings (SSSR count). The fourth-order valence-corrected chi connectivity index (χ4v) is 3.49. The number of rotatable bonds is 17. The summed E-state index contributed by atoms with van der Waals surface area (Å²) in [5, 5.41) is 12.8. The molecule has 0 spiro atoms. The molecule has 210 valence electrons. The van der Waals surface area contributed by atoms with Crippen molar-refractivity contribution < 1.29 is 14.3 Å². The molecule has 0 saturated heterocycles. The number of hydrogen-bond donors (Lipinski definition) is 3. The fraction of sp³-hybridized carbons (Fsp3) is 0.321. The molecule has 0 fully saturated rings. The van der Waals surface area contributed by atoms with Crippen LogP contribution in [-0.2, 0) is 14.3 Å². The van der Waals surface area contributed by atoms with Crippen LogP contribution in [0.2, 0.25) is 0 Å². The van der Waals surface area contributed by atoms with Gasteiger partial charge in [0.05, 0.1) is 26.4 Å². The van der Waals surface area contributed by atoms with E-state index in [-0.39, 0.29) is 5.91 Å². The Morgan fingerprint density at radius 2 is 1.65 bits per heavy atom. The Morgan fingerprint density at radius 1 is 0.975 bits per heavy atom. The molecule has 0 unspecified atom stereocenters. The molecular weight excluding hydrogens is 510 g/mol. The zero-order valence-corrected chi connectivity index (χ0v) is 22.8. The first-order valence-electron chi connectivity index (χ1n) is 12.9. The summed E-state index contributed by atoms with van der Waals surface area (Å²) < 4.78 is 10.8. The Bertz CT molecular complexity index is 1300. The van der Waals surface area contributed by atoms with Gasteiger partial charge in [-0.05, 0) is 55.4 Å². The number of carbonyl (C=O) groups is 1. The monoisotopic (exact) mass is 545 g/mol. The molecule has 1 amide bonds. The van der Waals surface area contributed by atoms with E-state index in [0.717, 1.165) is 16.9 Å². The second kappa shape index (κ2) is 17.2. The van der Waals surface area contributed by atoms with Crippen molar-refractivity contribution in [1.29, 1.82) is 0 Å². The predicted molar refractivity (Wildman–Crippen MR) is 157 cm³/mol. The lowest BCUT2D eigenvalue weighted by atomic mass is 10.2. The molecule has 1 heterocycles.